The van der Waals surface area contributed by atoms with Gasteiger partial charge in [-0.2, -0.15) is 9.97 Å². The van der Waals surface area contributed by atoms with Crippen LogP contribution in [-0.4, -0.2) is 19.5 Å². The van der Waals surface area contributed by atoms with Crippen LogP contribution in [0.4, 0.5) is 0 Å². The molecule has 0 fully saturated rings. The lowest BCUT2D eigenvalue weighted by atomic mass is 9.67. The Hall–Kier alpha value is -8.21. The number of benzene rings is 9. The van der Waals surface area contributed by atoms with Crippen molar-refractivity contribution in [2.75, 3.05) is 0 Å². The van der Waals surface area contributed by atoms with Gasteiger partial charge >= 0.3 is 0 Å². The highest BCUT2D eigenvalue weighted by Crippen LogP contribution is 2.57. The fraction of sp³-hybridized carbons (Fsp3) is 0.0172. The lowest BCUT2D eigenvalue weighted by Gasteiger charge is -2.33. The quantitative estimate of drug-likeness (QED) is 0.161. The largest absolute Gasteiger partial charge is 0.278 e. The highest BCUT2D eigenvalue weighted by atomic mass is 15.2. The summed E-state index contributed by atoms with van der Waals surface area (Å²) in [7, 11) is 0. The Morgan fingerprint density at radius 3 is 1.45 bits per heavy atom. The fourth-order valence-corrected chi connectivity index (χ4v) is 9.76. The van der Waals surface area contributed by atoms with Crippen molar-refractivity contribution >= 4 is 21.8 Å². The second kappa shape index (κ2) is 14.5. The second-order valence-electron chi connectivity index (χ2n) is 16.0. The van der Waals surface area contributed by atoms with E-state index in [4.69, 9.17) is 15.0 Å². The van der Waals surface area contributed by atoms with Crippen LogP contribution in [0.2, 0.25) is 0 Å². The maximum Gasteiger partial charge on any atom is 0.238 e. The van der Waals surface area contributed by atoms with Crippen LogP contribution in [0.25, 0.3) is 83.9 Å². The summed E-state index contributed by atoms with van der Waals surface area (Å²) in [6, 6.07) is 82.4. The number of rotatable bonds is 7. The Morgan fingerprint density at radius 2 is 0.806 bits per heavy atom. The van der Waals surface area contributed by atoms with E-state index >= 15 is 0 Å². The smallest absolute Gasteiger partial charge is 0.238 e. The van der Waals surface area contributed by atoms with E-state index in [1.54, 1.807) is 0 Å². The minimum absolute atomic E-state index is 0.536. The molecule has 0 radical (unpaired) electrons. The van der Waals surface area contributed by atoms with Crippen LogP contribution in [0.1, 0.15) is 22.3 Å². The Morgan fingerprint density at radius 1 is 0.306 bits per heavy atom. The van der Waals surface area contributed by atoms with Crippen molar-refractivity contribution in [3.05, 3.63) is 253 Å². The van der Waals surface area contributed by atoms with Gasteiger partial charge in [0.15, 0.2) is 11.6 Å². The zero-order chi connectivity index (χ0) is 41.0. The molecule has 4 heteroatoms. The predicted octanol–water partition coefficient (Wildman–Crippen LogP) is 14.0. The van der Waals surface area contributed by atoms with Crippen LogP contribution in [0.3, 0.4) is 0 Å². The number of fused-ring (bicyclic) bond motifs is 6. The van der Waals surface area contributed by atoms with Gasteiger partial charge in [-0.05, 0) is 79.9 Å². The third kappa shape index (κ3) is 5.65. The van der Waals surface area contributed by atoms with Gasteiger partial charge in [-0.3, -0.25) is 4.57 Å². The molecule has 1 aliphatic carbocycles. The summed E-state index contributed by atoms with van der Waals surface area (Å²) in [5.41, 5.74) is 15.3. The van der Waals surface area contributed by atoms with Crippen LogP contribution >= 0.6 is 0 Å². The Bertz CT molecular complexity index is 3390. The monoisotopic (exact) mass is 790 g/mol. The van der Waals surface area contributed by atoms with Crippen LogP contribution in [-0.2, 0) is 5.41 Å². The Kier molecular flexibility index (Phi) is 8.36. The van der Waals surface area contributed by atoms with Crippen LogP contribution < -0.4 is 0 Å². The first-order valence-electron chi connectivity index (χ1n) is 21.1. The number of nitrogens with zero attached hydrogens (tertiary/aromatic N) is 4. The van der Waals surface area contributed by atoms with E-state index in [0.717, 1.165) is 55.2 Å². The first-order valence-corrected chi connectivity index (χ1v) is 21.1. The Balaban J connectivity index is 1.18. The van der Waals surface area contributed by atoms with Gasteiger partial charge in [0.2, 0.25) is 5.95 Å². The van der Waals surface area contributed by atoms with E-state index in [-0.39, 0.29) is 0 Å². The fourth-order valence-electron chi connectivity index (χ4n) is 9.76. The summed E-state index contributed by atoms with van der Waals surface area (Å²) in [5, 5.41) is 2.26. The van der Waals surface area contributed by atoms with Gasteiger partial charge < -0.3 is 0 Å². The molecular weight excluding hydrogens is 753 g/mol. The van der Waals surface area contributed by atoms with Crippen molar-refractivity contribution in [2.24, 2.45) is 0 Å². The van der Waals surface area contributed by atoms with Crippen molar-refractivity contribution in [1.82, 2.24) is 19.5 Å². The average molecular weight is 791 g/mol. The van der Waals surface area contributed by atoms with E-state index in [2.05, 4.69) is 211 Å². The molecule has 0 bridgehead atoms. The van der Waals surface area contributed by atoms with Gasteiger partial charge in [0.1, 0.15) is 0 Å². The molecule has 0 aliphatic heterocycles. The molecule has 0 N–H and O–H groups in total. The first-order chi connectivity index (χ1) is 30.7. The van der Waals surface area contributed by atoms with Gasteiger partial charge in [0, 0.05) is 21.9 Å². The third-order valence-corrected chi connectivity index (χ3v) is 12.5. The highest BCUT2D eigenvalue weighted by Gasteiger charge is 2.46. The topological polar surface area (TPSA) is 43.6 Å². The lowest BCUT2D eigenvalue weighted by molar-refractivity contribution is 0.769. The van der Waals surface area contributed by atoms with E-state index < -0.39 is 5.41 Å². The zero-order valence-electron chi connectivity index (χ0n) is 33.7. The van der Waals surface area contributed by atoms with Crippen molar-refractivity contribution in [2.45, 2.75) is 5.41 Å². The summed E-state index contributed by atoms with van der Waals surface area (Å²) in [6.45, 7) is 0. The van der Waals surface area contributed by atoms with E-state index in [1.807, 2.05) is 24.3 Å². The molecule has 0 spiro atoms. The molecule has 0 saturated heterocycles. The maximum atomic E-state index is 5.41. The molecule has 9 aromatic carbocycles. The normalized spacial score (nSPS) is 12.6. The third-order valence-electron chi connectivity index (χ3n) is 12.5. The van der Waals surface area contributed by atoms with Gasteiger partial charge in [-0.15, -0.1) is 0 Å². The lowest BCUT2D eigenvalue weighted by Crippen LogP contribution is -2.28. The summed E-state index contributed by atoms with van der Waals surface area (Å²) in [5.74, 6) is 1.79. The molecule has 4 nitrogen and oxygen atoms in total. The summed E-state index contributed by atoms with van der Waals surface area (Å²) in [4.78, 5) is 16.0. The Labute approximate surface area is 360 Å². The second-order valence-corrected chi connectivity index (χ2v) is 16.0. The van der Waals surface area contributed by atoms with Crippen LogP contribution in [0, 0.1) is 0 Å². The maximum absolute atomic E-state index is 5.41. The molecule has 62 heavy (non-hydrogen) atoms. The molecule has 0 saturated carbocycles. The van der Waals surface area contributed by atoms with Gasteiger partial charge in [0.05, 0.1) is 16.4 Å². The molecule has 290 valence electrons. The summed E-state index contributed by atoms with van der Waals surface area (Å²) >= 11 is 0. The van der Waals surface area contributed by atoms with Crippen molar-refractivity contribution < 1.29 is 0 Å². The van der Waals surface area contributed by atoms with Crippen LogP contribution in [0.15, 0.2) is 231 Å². The number of hydrogen-bond donors (Lipinski definition) is 0. The molecule has 11 aromatic rings. The van der Waals surface area contributed by atoms with Crippen molar-refractivity contribution in [3.8, 4) is 62.1 Å². The van der Waals surface area contributed by atoms with Crippen molar-refractivity contribution in [3.63, 3.8) is 0 Å². The average Bonchev–Trinajstić information content (AvgIpc) is 3.84. The molecular formula is C58H38N4. The predicted molar refractivity (Wildman–Crippen MR) is 253 cm³/mol. The van der Waals surface area contributed by atoms with E-state index in [9.17, 15) is 0 Å². The minimum Gasteiger partial charge on any atom is -0.278 e. The summed E-state index contributed by atoms with van der Waals surface area (Å²) < 4.78 is 2.27. The van der Waals surface area contributed by atoms with Gasteiger partial charge in [-0.25, -0.2) is 4.98 Å². The minimum atomic E-state index is -0.536. The number of hydrogen-bond acceptors (Lipinski definition) is 3. The summed E-state index contributed by atoms with van der Waals surface area (Å²) in [6.07, 6.45) is 0. The molecule has 12 rings (SSSR count). The van der Waals surface area contributed by atoms with E-state index in [1.165, 1.54) is 33.4 Å². The highest BCUT2D eigenvalue weighted by molar-refractivity contribution is 6.12. The molecule has 0 amide bonds. The first kappa shape index (κ1) is 35.7. The molecule has 0 unspecified atom stereocenters. The van der Waals surface area contributed by atoms with E-state index in [0.29, 0.717) is 17.6 Å². The zero-order valence-corrected chi connectivity index (χ0v) is 33.7. The number of aromatic nitrogens is 4. The standard InChI is InChI=1S/C58H38N4/c1-6-19-39(20-7-1)42-25-18-26-44(35-42)56-59-55(41-23-10-3-11-24-41)60-57(61-56)62-53-36-43(40-21-8-2-9-22-40)33-34-48(53)50-37-52-49(38-54(50)62)47-31-16-17-32-51(47)58(52,45-27-12-4-13-28-45)46-29-14-5-15-30-46/h1-38H. The van der Waals surface area contributed by atoms with Crippen molar-refractivity contribution in [1.29, 1.82) is 0 Å². The van der Waals surface area contributed by atoms with Crippen LogP contribution in [0.5, 0.6) is 0 Å². The molecule has 1 aliphatic rings. The molecule has 2 aromatic heterocycles. The molecule has 0 atom stereocenters. The van der Waals surface area contributed by atoms with Gasteiger partial charge in [-0.1, -0.05) is 206 Å². The van der Waals surface area contributed by atoms with Gasteiger partial charge in [0.25, 0.3) is 0 Å². The molecule has 2 heterocycles. The SMILES string of the molecule is c1ccc(-c2cccc(-c3nc(-c4ccccc4)nc(-n4c5cc(-c6ccccc6)ccc5c5cc6c(cc54)-c4ccccc4C6(c4ccccc4)c4ccccc4)n3)c2)cc1.